The Labute approximate surface area is 104 Å². The molecule has 0 saturated heterocycles. The van der Waals surface area contributed by atoms with E-state index in [9.17, 15) is 8.78 Å². The third-order valence-corrected chi connectivity index (χ3v) is 2.75. The molecule has 0 fully saturated rings. The molecule has 0 amide bonds. The van der Waals surface area contributed by atoms with Gasteiger partial charge in [0, 0.05) is 17.0 Å². The number of alkyl halides is 2. The topological polar surface area (TPSA) is 0 Å². The van der Waals surface area contributed by atoms with Crippen LogP contribution in [0.2, 0.25) is 5.02 Å². The number of rotatable bonds is 3. The Bertz CT molecular complexity index is 495. The van der Waals surface area contributed by atoms with Crippen LogP contribution in [0.1, 0.15) is 11.1 Å². The monoisotopic (exact) mass is 252 g/mol. The summed E-state index contributed by atoms with van der Waals surface area (Å²) >= 11 is 5.72. The van der Waals surface area contributed by atoms with Gasteiger partial charge in [-0.15, -0.1) is 0 Å². The number of halogens is 3. The van der Waals surface area contributed by atoms with Crippen LogP contribution in [0.5, 0.6) is 0 Å². The van der Waals surface area contributed by atoms with E-state index in [1.807, 2.05) is 0 Å². The Balaban J connectivity index is 2.25. The molecular formula is C14H11ClF2. The Morgan fingerprint density at radius 1 is 0.941 bits per heavy atom. The molecule has 3 heteroatoms. The Morgan fingerprint density at radius 2 is 1.65 bits per heavy atom. The van der Waals surface area contributed by atoms with Crippen molar-refractivity contribution in [2.45, 2.75) is 12.3 Å². The molecule has 0 unspecified atom stereocenters. The van der Waals surface area contributed by atoms with Gasteiger partial charge in [0.05, 0.1) is 0 Å². The summed E-state index contributed by atoms with van der Waals surface area (Å²) in [6.45, 7) is 0. The molecule has 2 aromatic rings. The smallest absolute Gasteiger partial charge is 0.201 e. The van der Waals surface area contributed by atoms with Crippen molar-refractivity contribution in [3.63, 3.8) is 0 Å². The molecule has 17 heavy (non-hydrogen) atoms. The van der Waals surface area contributed by atoms with Gasteiger partial charge in [0.25, 0.3) is 5.92 Å². The first-order valence-electron chi connectivity index (χ1n) is 5.26. The van der Waals surface area contributed by atoms with Gasteiger partial charge in [-0.05, 0) is 17.7 Å². The summed E-state index contributed by atoms with van der Waals surface area (Å²) in [5.74, 6) is -2.90. The van der Waals surface area contributed by atoms with Crippen molar-refractivity contribution in [3.05, 3.63) is 70.7 Å². The minimum absolute atomic E-state index is 0.0474. The predicted molar refractivity (Wildman–Crippen MR) is 65.5 cm³/mol. The average molecular weight is 253 g/mol. The highest BCUT2D eigenvalue weighted by Crippen LogP contribution is 2.33. The lowest BCUT2D eigenvalue weighted by molar-refractivity contribution is -0.00381. The highest BCUT2D eigenvalue weighted by molar-refractivity contribution is 6.30. The zero-order valence-corrected chi connectivity index (χ0v) is 9.79. The van der Waals surface area contributed by atoms with Gasteiger partial charge in [-0.1, -0.05) is 54.1 Å². The molecule has 0 N–H and O–H groups in total. The fraction of sp³-hybridized carbons (Fsp3) is 0.143. The zero-order chi connectivity index (χ0) is 12.3. The van der Waals surface area contributed by atoms with Gasteiger partial charge < -0.3 is 0 Å². The molecule has 0 radical (unpaired) electrons. The molecule has 0 saturated carbocycles. The van der Waals surface area contributed by atoms with E-state index >= 15 is 0 Å². The molecule has 0 aliphatic carbocycles. The van der Waals surface area contributed by atoms with Gasteiger partial charge in [-0.25, -0.2) is 8.78 Å². The van der Waals surface area contributed by atoms with Crippen molar-refractivity contribution in [2.24, 2.45) is 0 Å². The normalized spacial score (nSPS) is 11.5. The molecule has 0 nitrogen and oxygen atoms in total. The van der Waals surface area contributed by atoms with Crippen LogP contribution in [0, 0.1) is 0 Å². The maximum absolute atomic E-state index is 14.0. The lowest BCUT2D eigenvalue weighted by Crippen LogP contribution is -2.16. The van der Waals surface area contributed by atoms with Crippen molar-refractivity contribution < 1.29 is 8.78 Å². The first-order chi connectivity index (χ1) is 8.08. The SMILES string of the molecule is FC(F)(Cc1ccccc1)c1cccc(Cl)c1. The van der Waals surface area contributed by atoms with Crippen LogP contribution in [0.4, 0.5) is 8.78 Å². The summed E-state index contributed by atoms with van der Waals surface area (Å²) in [6.07, 6.45) is -0.311. The molecular weight excluding hydrogens is 242 g/mol. The maximum Gasteiger partial charge on any atom is 0.277 e. The summed E-state index contributed by atoms with van der Waals surface area (Å²) < 4.78 is 27.9. The number of benzene rings is 2. The van der Waals surface area contributed by atoms with E-state index in [0.717, 1.165) is 0 Å². The largest absolute Gasteiger partial charge is 0.277 e. The summed E-state index contributed by atoms with van der Waals surface area (Å²) in [5.41, 5.74) is 0.561. The second-order valence-corrected chi connectivity index (χ2v) is 4.31. The lowest BCUT2D eigenvalue weighted by Gasteiger charge is -2.17. The molecule has 2 aromatic carbocycles. The van der Waals surface area contributed by atoms with E-state index < -0.39 is 5.92 Å². The molecule has 0 aliphatic rings. The molecule has 0 spiro atoms. The zero-order valence-electron chi connectivity index (χ0n) is 9.04. The Kier molecular flexibility index (Phi) is 3.43. The minimum Gasteiger partial charge on any atom is -0.201 e. The standard InChI is InChI=1S/C14H11ClF2/c15-13-8-4-7-12(9-13)14(16,17)10-11-5-2-1-3-6-11/h1-9H,10H2. The molecule has 0 heterocycles. The molecule has 0 atom stereocenters. The van der Waals surface area contributed by atoms with E-state index in [1.54, 1.807) is 36.4 Å². The van der Waals surface area contributed by atoms with Crippen molar-refractivity contribution in [1.82, 2.24) is 0 Å². The molecule has 0 aliphatic heterocycles. The third-order valence-electron chi connectivity index (χ3n) is 2.52. The second kappa shape index (κ2) is 4.84. The summed E-state index contributed by atoms with van der Waals surface area (Å²) in [4.78, 5) is 0. The van der Waals surface area contributed by atoms with Crippen LogP contribution in [0.3, 0.4) is 0 Å². The maximum atomic E-state index is 14.0. The number of hydrogen-bond donors (Lipinski definition) is 0. The average Bonchev–Trinajstić information content (AvgIpc) is 2.30. The quantitative estimate of drug-likeness (QED) is 0.744. The van der Waals surface area contributed by atoms with Crippen LogP contribution < -0.4 is 0 Å². The van der Waals surface area contributed by atoms with E-state index in [1.165, 1.54) is 18.2 Å². The molecule has 88 valence electrons. The van der Waals surface area contributed by atoms with Gasteiger partial charge in [0.2, 0.25) is 0 Å². The van der Waals surface area contributed by atoms with Crippen LogP contribution >= 0.6 is 11.6 Å². The highest BCUT2D eigenvalue weighted by Gasteiger charge is 2.31. The van der Waals surface area contributed by atoms with Crippen LogP contribution in [-0.4, -0.2) is 0 Å². The first-order valence-corrected chi connectivity index (χ1v) is 5.63. The van der Waals surface area contributed by atoms with Crippen molar-refractivity contribution in [3.8, 4) is 0 Å². The Hall–Kier alpha value is -1.41. The highest BCUT2D eigenvalue weighted by atomic mass is 35.5. The van der Waals surface area contributed by atoms with Gasteiger partial charge in [-0.2, -0.15) is 0 Å². The molecule has 0 aromatic heterocycles. The number of hydrogen-bond acceptors (Lipinski definition) is 0. The van der Waals surface area contributed by atoms with E-state index in [0.29, 0.717) is 10.6 Å². The Morgan fingerprint density at radius 3 is 2.29 bits per heavy atom. The third kappa shape index (κ3) is 3.04. The van der Waals surface area contributed by atoms with Crippen molar-refractivity contribution in [1.29, 1.82) is 0 Å². The van der Waals surface area contributed by atoms with Crippen LogP contribution in [0.15, 0.2) is 54.6 Å². The van der Waals surface area contributed by atoms with Crippen molar-refractivity contribution >= 4 is 11.6 Å². The summed E-state index contributed by atoms with van der Waals surface area (Å²) in [5, 5.41) is 0.329. The van der Waals surface area contributed by atoms with Crippen LogP contribution in [0.25, 0.3) is 0 Å². The van der Waals surface area contributed by atoms with E-state index in [4.69, 9.17) is 11.6 Å². The lowest BCUT2D eigenvalue weighted by atomic mass is 10.0. The van der Waals surface area contributed by atoms with Gasteiger partial charge in [0.1, 0.15) is 0 Å². The second-order valence-electron chi connectivity index (χ2n) is 3.88. The fourth-order valence-electron chi connectivity index (χ4n) is 1.67. The molecule has 0 bridgehead atoms. The minimum atomic E-state index is -2.90. The van der Waals surface area contributed by atoms with Gasteiger partial charge in [-0.3, -0.25) is 0 Å². The fourth-order valence-corrected chi connectivity index (χ4v) is 1.86. The predicted octanol–water partition coefficient (Wildman–Crippen LogP) is 4.67. The van der Waals surface area contributed by atoms with Gasteiger partial charge >= 0.3 is 0 Å². The van der Waals surface area contributed by atoms with E-state index in [2.05, 4.69) is 0 Å². The van der Waals surface area contributed by atoms with E-state index in [-0.39, 0.29) is 12.0 Å². The summed E-state index contributed by atoms with van der Waals surface area (Å²) in [6, 6.07) is 14.5. The van der Waals surface area contributed by atoms with Gasteiger partial charge in [0.15, 0.2) is 0 Å². The first kappa shape index (κ1) is 12.1. The molecule has 2 rings (SSSR count). The summed E-state index contributed by atoms with van der Waals surface area (Å²) in [7, 11) is 0. The van der Waals surface area contributed by atoms with Crippen molar-refractivity contribution in [2.75, 3.05) is 0 Å². The van der Waals surface area contributed by atoms with Crippen LogP contribution in [-0.2, 0) is 12.3 Å².